The molecule has 152 valence electrons. The lowest BCUT2D eigenvalue weighted by Crippen LogP contribution is -2.50. The Labute approximate surface area is 178 Å². The molecular weight excluding hydrogens is 462 g/mol. The molecule has 1 fully saturated rings. The number of amides is 1. The van der Waals surface area contributed by atoms with E-state index in [2.05, 4.69) is 30.9 Å². The van der Waals surface area contributed by atoms with Crippen LogP contribution in [-0.4, -0.2) is 44.4 Å². The van der Waals surface area contributed by atoms with Gasteiger partial charge in [-0.15, -0.1) is 11.3 Å². The summed E-state index contributed by atoms with van der Waals surface area (Å²) in [6.07, 6.45) is 1.35. The summed E-state index contributed by atoms with van der Waals surface area (Å²) >= 11 is 4.69. The molecule has 2 aromatic rings. The summed E-state index contributed by atoms with van der Waals surface area (Å²) in [5.74, 6) is -0.0674. The lowest BCUT2D eigenvalue weighted by molar-refractivity contribution is -0.121. The molecular formula is C19H24BrN3O3S2. The zero-order chi connectivity index (χ0) is 20.3. The Morgan fingerprint density at radius 1 is 1.29 bits per heavy atom. The first-order valence-electron chi connectivity index (χ1n) is 9.13. The summed E-state index contributed by atoms with van der Waals surface area (Å²) in [5, 5.41) is 4.72. The fourth-order valence-corrected chi connectivity index (χ4v) is 6.13. The normalized spacial score (nSPS) is 17.4. The smallest absolute Gasteiger partial charge is 0.250 e. The van der Waals surface area contributed by atoms with Crippen molar-refractivity contribution < 1.29 is 13.2 Å². The molecule has 1 amide bonds. The number of carbonyl (C=O) groups is 1. The van der Waals surface area contributed by atoms with Crippen molar-refractivity contribution in [3.05, 3.63) is 45.7 Å². The second kappa shape index (κ2) is 9.04. The highest BCUT2D eigenvalue weighted by atomic mass is 79.9. The predicted octanol–water partition coefficient (Wildman–Crippen LogP) is 3.59. The highest BCUT2D eigenvalue weighted by Crippen LogP contribution is 2.24. The Balaban J connectivity index is 1.53. The lowest BCUT2D eigenvalue weighted by atomic mass is 10.0. The van der Waals surface area contributed by atoms with Crippen molar-refractivity contribution in [2.45, 2.75) is 43.0 Å². The minimum absolute atomic E-state index is 0.0674. The first-order valence-corrected chi connectivity index (χ1v) is 12.3. The van der Waals surface area contributed by atoms with E-state index in [-0.39, 0.29) is 18.0 Å². The van der Waals surface area contributed by atoms with Gasteiger partial charge in [-0.3, -0.25) is 9.69 Å². The molecule has 3 rings (SSSR count). The number of hydrogen-bond donors (Lipinski definition) is 2. The summed E-state index contributed by atoms with van der Waals surface area (Å²) in [7, 11) is -3.45. The molecule has 1 aromatic carbocycles. The highest BCUT2D eigenvalue weighted by Gasteiger charge is 2.29. The molecule has 1 atom stereocenters. The number of nitrogens with one attached hydrogen (secondary N) is 2. The summed E-state index contributed by atoms with van der Waals surface area (Å²) in [5.41, 5.74) is 1.87. The van der Waals surface area contributed by atoms with E-state index in [0.717, 1.165) is 15.7 Å². The van der Waals surface area contributed by atoms with Crippen molar-refractivity contribution in [1.82, 2.24) is 9.62 Å². The maximum Gasteiger partial charge on any atom is 0.250 e. The number of benzene rings is 1. The van der Waals surface area contributed by atoms with E-state index in [4.69, 9.17) is 0 Å². The van der Waals surface area contributed by atoms with Crippen LogP contribution in [-0.2, 0) is 14.8 Å². The van der Waals surface area contributed by atoms with E-state index in [1.54, 1.807) is 17.5 Å². The average molecular weight is 486 g/mol. The van der Waals surface area contributed by atoms with Crippen molar-refractivity contribution >= 4 is 48.9 Å². The monoisotopic (exact) mass is 485 g/mol. The van der Waals surface area contributed by atoms with Crippen LogP contribution < -0.4 is 10.0 Å². The van der Waals surface area contributed by atoms with E-state index in [1.165, 1.54) is 11.3 Å². The zero-order valence-corrected chi connectivity index (χ0v) is 19.0. The minimum atomic E-state index is -3.45. The van der Waals surface area contributed by atoms with Crippen LogP contribution in [0.1, 0.15) is 25.3 Å². The van der Waals surface area contributed by atoms with Gasteiger partial charge in [0, 0.05) is 23.6 Å². The number of halogens is 1. The molecule has 28 heavy (non-hydrogen) atoms. The number of hydrogen-bond acceptors (Lipinski definition) is 5. The third kappa shape index (κ3) is 5.21. The Kier molecular flexibility index (Phi) is 6.93. The zero-order valence-electron chi connectivity index (χ0n) is 15.8. The van der Waals surface area contributed by atoms with E-state index in [9.17, 15) is 13.2 Å². The Morgan fingerprint density at radius 2 is 2.00 bits per heavy atom. The van der Waals surface area contributed by atoms with E-state index >= 15 is 0 Å². The van der Waals surface area contributed by atoms with Gasteiger partial charge >= 0.3 is 0 Å². The van der Waals surface area contributed by atoms with Crippen LogP contribution in [0.5, 0.6) is 0 Å². The largest absolute Gasteiger partial charge is 0.324 e. The molecule has 1 saturated heterocycles. The van der Waals surface area contributed by atoms with Crippen LogP contribution in [0.3, 0.4) is 0 Å². The highest BCUT2D eigenvalue weighted by molar-refractivity contribution is 9.10. The van der Waals surface area contributed by atoms with Gasteiger partial charge in [-0.05, 0) is 71.8 Å². The van der Waals surface area contributed by atoms with Gasteiger partial charge in [0.15, 0.2) is 0 Å². The lowest BCUT2D eigenvalue weighted by Gasteiger charge is -2.35. The summed E-state index contributed by atoms with van der Waals surface area (Å²) in [6.45, 7) is 5.21. The molecule has 2 N–H and O–H groups in total. The fraction of sp³-hybridized carbons (Fsp3) is 0.421. The third-order valence-electron chi connectivity index (χ3n) is 4.92. The number of anilines is 1. The number of likely N-dealkylation sites (tertiary alicyclic amines) is 1. The number of piperidine rings is 1. The van der Waals surface area contributed by atoms with Crippen LogP contribution in [0.2, 0.25) is 0 Å². The molecule has 0 saturated carbocycles. The second-order valence-corrected chi connectivity index (χ2v) is 10.8. The van der Waals surface area contributed by atoms with E-state index < -0.39 is 10.0 Å². The number of thiophene rings is 1. The average Bonchev–Trinajstić information content (AvgIpc) is 3.19. The quantitative estimate of drug-likeness (QED) is 0.654. The molecule has 1 aliphatic heterocycles. The summed E-state index contributed by atoms with van der Waals surface area (Å²) in [6, 6.07) is 8.75. The molecule has 1 aliphatic rings. The van der Waals surface area contributed by atoms with Gasteiger partial charge in [0.2, 0.25) is 15.9 Å². The third-order valence-corrected chi connectivity index (χ3v) is 8.49. The Hall–Kier alpha value is -1.26. The number of carbonyl (C=O) groups excluding carboxylic acids is 1. The maximum absolute atomic E-state index is 12.6. The minimum Gasteiger partial charge on any atom is -0.324 e. The van der Waals surface area contributed by atoms with Crippen LogP contribution >= 0.6 is 27.3 Å². The molecule has 0 spiro atoms. The molecule has 0 bridgehead atoms. The number of sulfonamides is 1. The molecule has 6 nitrogen and oxygen atoms in total. The summed E-state index contributed by atoms with van der Waals surface area (Å²) < 4.78 is 28.7. The second-order valence-electron chi connectivity index (χ2n) is 7.01. The molecule has 1 aromatic heterocycles. The SMILES string of the molecule is Cc1ccc(NC(=O)[C@@H](C)N2CCC(NS(=O)(=O)c3cccs3)CC2)c(Br)c1. The molecule has 2 heterocycles. The Bertz CT molecular complexity index is 924. The molecule has 0 aliphatic carbocycles. The number of rotatable bonds is 6. The van der Waals surface area contributed by atoms with Gasteiger partial charge in [-0.2, -0.15) is 0 Å². The fourth-order valence-electron chi connectivity index (χ4n) is 3.22. The number of aryl methyl sites for hydroxylation is 1. The van der Waals surface area contributed by atoms with Gasteiger partial charge in [0.1, 0.15) is 4.21 Å². The van der Waals surface area contributed by atoms with Crippen molar-refractivity contribution in [3.8, 4) is 0 Å². The van der Waals surface area contributed by atoms with Crippen molar-refractivity contribution in [2.75, 3.05) is 18.4 Å². The topological polar surface area (TPSA) is 78.5 Å². The maximum atomic E-state index is 12.6. The van der Waals surface area contributed by atoms with Crippen LogP contribution in [0.4, 0.5) is 5.69 Å². The van der Waals surface area contributed by atoms with Crippen molar-refractivity contribution in [2.24, 2.45) is 0 Å². The van der Waals surface area contributed by atoms with E-state index in [0.29, 0.717) is 30.1 Å². The standard InChI is InChI=1S/C19H24BrN3O3S2/c1-13-5-6-17(16(20)12-13)21-19(24)14(2)23-9-7-15(8-10-23)22-28(25,26)18-4-3-11-27-18/h3-6,11-12,14-15,22H,7-10H2,1-2H3,(H,21,24)/t14-/m1/s1. The molecule has 0 unspecified atom stereocenters. The summed E-state index contributed by atoms with van der Waals surface area (Å²) in [4.78, 5) is 14.7. The van der Waals surface area contributed by atoms with Crippen LogP contribution in [0, 0.1) is 6.92 Å². The molecule has 0 radical (unpaired) electrons. The number of nitrogens with zero attached hydrogens (tertiary/aromatic N) is 1. The van der Waals surface area contributed by atoms with Crippen LogP contribution in [0.25, 0.3) is 0 Å². The Morgan fingerprint density at radius 3 is 2.61 bits per heavy atom. The molecule has 9 heteroatoms. The first kappa shape index (κ1) is 21.4. The van der Waals surface area contributed by atoms with Crippen molar-refractivity contribution in [1.29, 1.82) is 0 Å². The van der Waals surface area contributed by atoms with Gasteiger partial charge in [0.25, 0.3) is 0 Å². The first-order chi connectivity index (χ1) is 13.3. The van der Waals surface area contributed by atoms with Gasteiger partial charge in [0.05, 0.1) is 11.7 Å². The van der Waals surface area contributed by atoms with Crippen LogP contribution in [0.15, 0.2) is 44.4 Å². The van der Waals surface area contributed by atoms with Gasteiger partial charge in [-0.25, -0.2) is 13.1 Å². The van der Waals surface area contributed by atoms with E-state index in [1.807, 2.05) is 32.0 Å². The van der Waals surface area contributed by atoms with Gasteiger partial charge < -0.3 is 5.32 Å². The van der Waals surface area contributed by atoms with Gasteiger partial charge in [-0.1, -0.05) is 12.1 Å². The van der Waals surface area contributed by atoms with Crippen molar-refractivity contribution in [3.63, 3.8) is 0 Å². The predicted molar refractivity (Wildman–Crippen MR) is 116 cm³/mol.